The molecule has 1 aromatic carbocycles. The van der Waals surface area contributed by atoms with Crippen molar-refractivity contribution in [3.63, 3.8) is 0 Å². The van der Waals surface area contributed by atoms with Crippen molar-refractivity contribution in [1.29, 1.82) is 0 Å². The van der Waals surface area contributed by atoms with E-state index in [0.29, 0.717) is 18.0 Å². The smallest absolute Gasteiger partial charge is 0.130 e. The average Bonchev–Trinajstić information content (AvgIpc) is 2.30. The van der Waals surface area contributed by atoms with E-state index in [4.69, 9.17) is 11.6 Å². The number of benzene rings is 1. The molecule has 0 heterocycles. The second kappa shape index (κ2) is 8.43. The first-order valence-corrected chi connectivity index (χ1v) is 6.48. The first-order valence-electron chi connectivity index (χ1n) is 5.94. The summed E-state index contributed by atoms with van der Waals surface area (Å²) in [6, 6.07) is 3.67. The zero-order valence-electron chi connectivity index (χ0n) is 9.82. The fourth-order valence-electron chi connectivity index (χ4n) is 1.59. The third-order valence-electron chi connectivity index (χ3n) is 2.57. The number of alkyl halides is 1. The number of hydrogen-bond donors (Lipinski definition) is 1. The number of nitrogens with one attached hydrogen (secondary N) is 1. The lowest BCUT2D eigenvalue weighted by molar-refractivity contribution is 0.551. The van der Waals surface area contributed by atoms with Crippen molar-refractivity contribution in [2.24, 2.45) is 0 Å². The van der Waals surface area contributed by atoms with E-state index in [1.165, 1.54) is 12.1 Å². The molecule has 1 rings (SSSR count). The predicted molar refractivity (Wildman–Crippen MR) is 67.3 cm³/mol. The van der Waals surface area contributed by atoms with E-state index < -0.39 is 11.6 Å². The highest BCUT2D eigenvalue weighted by Crippen LogP contribution is 2.09. The van der Waals surface area contributed by atoms with Gasteiger partial charge >= 0.3 is 0 Å². The highest BCUT2D eigenvalue weighted by atomic mass is 35.5. The van der Waals surface area contributed by atoms with E-state index in [1.807, 2.05) is 0 Å². The Morgan fingerprint density at radius 3 is 2.53 bits per heavy atom. The Hall–Kier alpha value is -0.670. The molecule has 0 bridgehead atoms. The van der Waals surface area contributed by atoms with Gasteiger partial charge in [-0.2, -0.15) is 0 Å². The van der Waals surface area contributed by atoms with Gasteiger partial charge in [0.25, 0.3) is 0 Å². The molecule has 17 heavy (non-hydrogen) atoms. The van der Waals surface area contributed by atoms with Crippen LogP contribution in [0.1, 0.15) is 31.2 Å². The summed E-state index contributed by atoms with van der Waals surface area (Å²) in [6.07, 6.45) is 4.37. The van der Waals surface area contributed by atoms with E-state index in [2.05, 4.69) is 5.32 Å². The summed E-state index contributed by atoms with van der Waals surface area (Å²) < 4.78 is 25.9. The van der Waals surface area contributed by atoms with E-state index in [-0.39, 0.29) is 0 Å². The fraction of sp³-hybridized carbons (Fsp3) is 0.538. The van der Waals surface area contributed by atoms with Crippen LogP contribution in [0.3, 0.4) is 0 Å². The molecule has 0 unspecified atom stereocenters. The molecule has 0 saturated heterocycles. The molecule has 0 saturated carbocycles. The van der Waals surface area contributed by atoms with Gasteiger partial charge in [0.1, 0.15) is 11.6 Å². The molecule has 1 nitrogen and oxygen atoms in total. The highest BCUT2D eigenvalue weighted by Gasteiger charge is 2.02. The zero-order chi connectivity index (χ0) is 12.5. The van der Waals surface area contributed by atoms with Gasteiger partial charge in [0, 0.05) is 24.1 Å². The zero-order valence-corrected chi connectivity index (χ0v) is 10.6. The maximum Gasteiger partial charge on any atom is 0.130 e. The lowest BCUT2D eigenvalue weighted by Gasteiger charge is -2.06. The van der Waals surface area contributed by atoms with Crippen molar-refractivity contribution in [3.8, 4) is 0 Å². The normalized spacial score (nSPS) is 10.8. The minimum Gasteiger partial charge on any atom is -0.313 e. The Morgan fingerprint density at radius 1 is 1.06 bits per heavy atom. The topological polar surface area (TPSA) is 12.0 Å². The highest BCUT2D eigenvalue weighted by molar-refractivity contribution is 6.17. The minimum absolute atomic E-state index is 0.446. The molecule has 0 aromatic heterocycles. The van der Waals surface area contributed by atoms with Crippen LogP contribution in [0.25, 0.3) is 0 Å². The average molecular weight is 262 g/mol. The molecule has 1 N–H and O–H groups in total. The first kappa shape index (κ1) is 14.4. The molecule has 0 aliphatic carbocycles. The number of halogens is 3. The summed E-state index contributed by atoms with van der Waals surface area (Å²) in [5, 5.41) is 3.14. The molecular weight excluding hydrogens is 244 g/mol. The monoisotopic (exact) mass is 261 g/mol. The predicted octanol–water partition coefficient (Wildman–Crippen LogP) is 3.85. The summed E-state index contributed by atoms with van der Waals surface area (Å²) in [5.41, 5.74) is 0.507. The SMILES string of the molecule is Fc1ccc(CNCCCCCCCl)c(F)c1. The van der Waals surface area contributed by atoms with Gasteiger partial charge in [0.2, 0.25) is 0 Å². The van der Waals surface area contributed by atoms with E-state index in [1.54, 1.807) is 0 Å². The van der Waals surface area contributed by atoms with Crippen molar-refractivity contribution in [2.75, 3.05) is 12.4 Å². The molecule has 0 radical (unpaired) electrons. The maximum absolute atomic E-state index is 13.2. The van der Waals surface area contributed by atoms with Crippen molar-refractivity contribution in [2.45, 2.75) is 32.2 Å². The molecule has 0 amide bonds. The maximum atomic E-state index is 13.2. The molecule has 0 aliphatic heterocycles. The van der Waals surface area contributed by atoms with Crippen molar-refractivity contribution in [3.05, 3.63) is 35.4 Å². The third kappa shape index (κ3) is 5.99. The number of unbranched alkanes of at least 4 members (excludes halogenated alkanes) is 3. The largest absolute Gasteiger partial charge is 0.313 e. The van der Waals surface area contributed by atoms with Gasteiger partial charge in [-0.15, -0.1) is 11.6 Å². The Bertz CT molecular complexity index is 331. The first-order chi connectivity index (χ1) is 8.24. The summed E-state index contributed by atoms with van der Waals surface area (Å²) in [5.74, 6) is -0.305. The second-order valence-electron chi connectivity index (χ2n) is 4.02. The van der Waals surface area contributed by atoms with Gasteiger partial charge in [-0.3, -0.25) is 0 Å². The lowest BCUT2D eigenvalue weighted by atomic mass is 10.2. The molecule has 4 heteroatoms. The molecule has 0 spiro atoms. The van der Waals surface area contributed by atoms with Gasteiger partial charge in [0.05, 0.1) is 0 Å². The second-order valence-corrected chi connectivity index (χ2v) is 4.39. The van der Waals surface area contributed by atoms with Gasteiger partial charge in [-0.05, 0) is 25.5 Å². The van der Waals surface area contributed by atoms with E-state index in [9.17, 15) is 8.78 Å². The van der Waals surface area contributed by atoms with Crippen LogP contribution in [-0.4, -0.2) is 12.4 Å². The molecular formula is C13H18ClF2N. The Morgan fingerprint density at radius 2 is 1.82 bits per heavy atom. The standard InChI is InChI=1S/C13H18ClF2N/c14-7-3-1-2-4-8-17-10-11-5-6-12(15)9-13(11)16/h5-6,9,17H,1-4,7-8,10H2. The van der Waals surface area contributed by atoms with Gasteiger partial charge in [-0.1, -0.05) is 18.9 Å². The molecule has 96 valence electrons. The van der Waals surface area contributed by atoms with Crippen LogP contribution < -0.4 is 5.32 Å². The van der Waals surface area contributed by atoms with Crippen LogP contribution in [0.2, 0.25) is 0 Å². The Balaban J connectivity index is 2.14. The molecule has 0 fully saturated rings. The molecule has 0 aliphatic rings. The third-order valence-corrected chi connectivity index (χ3v) is 2.84. The minimum atomic E-state index is -0.535. The van der Waals surface area contributed by atoms with Crippen LogP contribution in [-0.2, 0) is 6.54 Å². The van der Waals surface area contributed by atoms with Crippen LogP contribution in [0.15, 0.2) is 18.2 Å². The fourth-order valence-corrected chi connectivity index (χ4v) is 1.78. The van der Waals surface area contributed by atoms with Gasteiger partial charge in [0.15, 0.2) is 0 Å². The summed E-state index contributed by atoms with van der Waals surface area (Å²) in [7, 11) is 0. The van der Waals surface area contributed by atoms with E-state index >= 15 is 0 Å². The molecule has 1 aromatic rings. The lowest BCUT2D eigenvalue weighted by Crippen LogP contribution is -2.15. The van der Waals surface area contributed by atoms with Crippen LogP contribution in [0.5, 0.6) is 0 Å². The summed E-state index contributed by atoms with van der Waals surface area (Å²) >= 11 is 5.56. The summed E-state index contributed by atoms with van der Waals surface area (Å²) in [6.45, 7) is 1.29. The van der Waals surface area contributed by atoms with Crippen molar-refractivity contribution < 1.29 is 8.78 Å². The Kier molecular flexibility index (Phi) is 7.13. The van der Waals surface area contributed by atoms with Crippen LogP contribution >= 0.6 is 11.6 Å². The van der Waals surface area contributed by atoms with Gasteiger partial charge < -0.3 is 5.32 Å². The van der Waals surface area contributed by atoms with Crippen LogP contribution in [0.4, 0.5) is 8.78 Å². The number of rotatable bonds is 8. The number of hydrogen-bond acceptors (Lipinski definition) is 1. The van der Waals surface area contributed by atoms with E-state index in [0.717, 1.165) is 38.3 Å². The van der Waals surface area contributed by atoms with Gasteiger partial charge in [-0.25, -0.2) is 8.78 Å². The molecule has 0 atom stereocenters. The van der Waals surface area contributed by atoms with Crippen molar-refractivity contribution >= 4 is 11.6 Å². The van der Waals surface area contributed by atoms with Crippen LogP contribution in [0, 0.1) is 11.6 Å². The summed E-state index contributed by atoms with van der Waals surface area (Å²) in [4.78, 5) is 0. The quantitative estimate of drug-likeness (QED) is 0.554. The van der Waals surface area contributed by atoms with Crippen molar-refractivity contribution in [1.82, 2.24) is 5.32 Å². The Labute approximate surface area is 106 Å².